The van der Waals surface area contributed by atoms with Crippen molar-refractivity contribution >= 4 is 13.8 Å². The van der Waals surface area contributed by atoms with Crippen LogP contribution in [0.4, 0.5) is 0 Å². The number of rotatable bonds is 45. The molecule has 2 atom stereocenters. The molecule has 0 aromatic carbocycles. The number of unbranched alkanes of at least 4 members (excludes halogenated alkanes) is 27. The van der Waals surface area contributed by atoms with E-state index >= 15 is 0 Å². The maximum absolute atomic E-state index is 12.7. The zero-order chi connectivity index (χ0) is 42.0. The topological polar surface area (TPSA) is 91.3 Å². The van der Waals surface area contributed by atoms with Gasteiger partial charge in [-0.2, -0.15) is 0 Å². The Hall–Kier alpha value is -1.02. The van der Waals surface area contributed by atoms with Crippen LogP contribution in [0.15, 0.2) is 24.3 Å². The van der Waals surface area contributed by atoms with Crippen molar-refractivity contribution < 1.29 is 37.3 Å². The molecular formula is C48H95NO7P+. The Labute approximate surface area is 353 Å². The molecule has 9 heteroatoms. The van der Waals surface area contributed by atoms with Gasteiger partial charge in [0.05, 0.1) is 34.4 Å². The highest BCUT2D eigenvalue weighted by Crippen LogP contribution is 2.43. The van der Waals surface area contributed by atoms with Crippen molar-refractivity contribution in [3.63, 3.8) is 0 Å². The fourth-order valence-electron chi connectivity index (χ4n) is 6.75. The van der Waals surface area contributed by atoms with Crippen LogP contribution < -0.4 is 0 Å². The van der Waals surface area contributed by atoms with Gasteiger partial charge in [0.15, 0.2) is 0 Å². The Kier molecular flexibility index (Phi) is 41.0. The third kappa shape index (κ3) is 45.9. The molecule has 0 fully saturated rings. The molecule has 1 N–H and O–H groups in total. The molecule has 2 unspecified atom stereocenters. The third-order valence-electron chi connectivity index (χ3n) is 10.5. The highest BCUT2D eigenvalue weighted by molar-refractivity contribution is 7.47. The quantitative estimate of drug-likeness (QED) is 0.0215. The van der Waals surface area contributed by atoms with Crippen molar-refractivity contribution in [3.05, 3.63) is 24.3 Å². The average Bonchev–Trinajstić information content (AvgIpc) is 3.16. The summed E-state index contributed by atoms with van der Waals surface area (Å²) < 4.78 is 35.1. The zero-order valence-electron chi connectivity index (χ0n) is 38.3. The number of esters is 1. The molecule has 0 aliphatic rings. The van der Waals surface area contributed by atoms with Gasteiger partial charge >= 0.3 is 13.8 Å². The number of nitrogens with zero attached hydrogens (tertiary/aromatic N) is 1. The van der Waals surface area contributed by atoms with Crippen LogP contribution in [0.3, 0.4) is 0 Å². The van der Waals surface area contributed by atoms with Gasteiger partial charge in [-0.25, -0.2) is 4.57 Å². The first-order valence-corrected chi connectivity index (χ1v) is 25.6. The van der Waals surface area contributed by atoms with E-state index in [2.05, 4.69) is 38.2 Å². The minimum atomic E-state index is -4.28. The molecule has 0 radical (unpaired) electrons. The van der Waals surface area contributed by atoms with Crippen LogP contribution in [-0.4, -0.2) is 75.6 Å². The van der Waals surface area contributed by atoms with Crippen LogP contribution in [-0.2, 0) is 27.9 Å². The third-order valence-corrected chi connectivity index (χ3v) is 11.5. The van der Waals surface area contributed by atoms with Gasteiger partial charge in [-0.15, -0.1) is 0 Å². The van der Waals surface area contributed by atoms with Gasteiger partial charge in [0, 0.05) is 13.0 Å². The van der Waals surface area contributed by atoms with E-state index in [0.717, 1.165) is 44.9 Å². The second-order valence-corrected chi connectivity index (χ2v) is 19.0. The second-order valence-electron chi connectivity index (χ2n) is 17.5. The van der Waals surface area contributed by atoms with Gasteiger partial charge in [0.1, 0.15) is 19.3 Å². The van der Waals surface area contributed by atoms with Gasteiger partial charge in [0.2, 0.25) is 0 Å². The number of hydrogen-bond donors (Lipinski definition) is 1. The molecule has 0 spiro atoms. The first-order chi connectivity index (χ1) is 27.6. The molecule has 0 aliphatic carbocycles. The van der Waals surface area contributed by atoms with Crippen LogP contribution in [0.1, 0.15) is 219 Å². The summed E-state index contributed by atoms with van der Waals surface area (Å²) in [6.45, 7) is 5.60. The van der Waals surface area contributed by atoms with Crippen molar-refractivity contribution in [3.8, 4) is 0 Å². The predicted molar refractivity (Wildman–Crippen MR) is 243 cm³/mol. The van der Waals surface area contributed by atoms with Gasteiger partial charge in [-0.05, 0) is 38.5 Å². The molecular weight excluding hydrogens is 734 g/mol. The second kappa shape index (κ2) is 41.7. The lowest BCUT2D eigenvalue weighted by molar-refractivity contribution is -0.870. The molecule has 0 bridgehead atoms. The lowest BCUT2D eigenvalue weighted by atomic mass is 10.0. The highest BCUT2D eigenvalue weighted by atomic mass is 31.2. The van der Waals surface area contributed by atoms with Crippen LogP contribution >= 0.6 is 7.82 Å². The number of quaternary nitrogens is 1. The molecule has 0 aliphatic heterocycles. The maximum atomic E-state index is 12.7. The van der Waals surface area contributed by atoms with E-state index < -0.39 is 13.9 Å². The fraction of sp³-hybridized carbons (Fsp3) is 0.896. The Morgan fingerprint density at radius 1 is 0.544 bits per heavy atom. The number of likely N-dealkylation sites (N-methyl/N-ethyl adjacent to an activating group) is 1. The molecule has 0 aromatic rings. The zero-order valence-corrected chi connectivity index (χ0v) is 39.2. The van der Waals surface area contributed by atoms with Gasteiger partial charge < -0.3 is 18.9 Å². The molecule has 0 amide bonds. The van der Waals surface area contributed by atoms with E-state index in [9.17, 15) is 14.3 Å². The molecule has 338 valence electrons. The number of phosphoric ester groups is 1. The molecule has 0 rings (SSSR count). The van der Waals surface area contributed by atoms with E-state index in [1.54, 1.807) is 0 Å². The van der Waals surface area contributed by atoms with E-state index in [1.807, 2.05) is 21.1 Å². The molecule has 0 saturated carbocycles. The molecule has 0 aromatic heterocycles. The minimum Gasteiger partial charge on any atom is -0.457 e. The average molecular weight is 829 g/mol. The number of allylic oxidation sites excluding steroid dienone is 4. The van der Waals surface area contributed by atoms with Gasteiger partial charge in [-0.3, -0.25) is 13.8 Å². The van der Waals surface area contributed by atoms with Crippen molar-refractivity contribution in [2.24, 2.45) is 0 Å². The Bertz CT molecular complexity index is 967. The SMILES string of the molecule is CCCC/C=C\C/C=C\CCCCCCCCOCC(COP(=O)(O)OCC[N+](C)(C)C)OC(=O)CCCCCCCCCCCCCCCCCCCCCC. The smallest absolute Gasteiger partial charge is 0.457 e. The Morgan fingerprint density at radius 2 is 0.982 bits per heavy atom. The maximum Gasteiger partial charge on any atom is 0.472 e. The number of phosphoric acid groups is 1. The first kappa shape index (κ1) is 56.0. The van der Waals surface area contributed by atoms with Crippen molar-refractivity contribution in [2.45, 2.75) is 225 Å². The number of carbonyl (C=O) groups is 1. The predicted octanol–water partition coefficient (Wildman–Crippen LogP) is 14.4. The van der Waals surface area contributed by atoms with Gasteiger partial charge in [0.25, 0.3) is 0 Å². The minimum absolute atomic E-state index is 0.0885. The van der Waals surface area contributed by atoms with E-state index in [0.29, 0.717) is 24.1 Å². The van der Waals surface area contributed by atoms with Crippen LogP contribution in [0.25, 0.3) is 0 Å². The molecule has 0 heterocycles. The van der Waals surface area contributed by atoms with E-state index in [1.165, 1.54) is 154 Å². The number of hydrogen-bond acceptors (Lipinski definition) is 6. The molecule has 0 saturated heterocycles. The monoisotopic (exact) mass is 829 g/mol. The summed E-state index contributed by atoms with van der Waals surface area (Å²) >= 11 is 0. The Balaban J connectivity index is 4.15. The summed E-state index contributed by atoms with van der Waals surface area (Å²) in [5.41, 5.74) is 0. The lowest BCUT2D eigenvalue weighted by Gasteiger charge is -2.24. The lowest BCUT2D eigenvalue weighted by Crippen LogP contribution is -2.37. The summed E-state index contributed by atoms with van der Waals surface area (Å²) in [4.78, 5) is 22.9. The molecule has 57 heavy (non-hydrogen) atoms. The normalized spacial score (nSPS) is 13.9. The molecule has 8 nitrogen and oxygen atoms in total. The summed E-state index contributed by atoms with van der Waals surface area (Å²) in [5.74, 6) is -0.313. The standard InChI is InChI=1S/C48H94NO7P/c1-6-8-10-12-14-16-18-20-22-23-24-25-26-27-29-31-33-35-37-39-41-48(50)56-47(46-55-57(51,52)54-44-42-49(3,4)5)45-53-43-40-38-36-34-32-30-28-21-19-17-15-13-11-9-7-2/h13,15,19,21,47H,6-12,14,16-18,20,22-46H2,1-5H3/p+1/b15-13-,21-19-. The van der Waals surface area contributed by atoms with E-state index in [4.69, 9.17) is 18.5 Å². The largest absolute Gasteiger partial charge is 0.472 e. The summed E-state index contributed by atoms with van der Waals surface area (Å²) in [7, 11) is 1.67. The number of carbonyl (C=O) groups excluding carboxylic acids is 1. The van der Waals surface area contributed by atoms with Crippen LogP contribution in [0.2, 0.25) is 0 Å². The van der Waals surface area contributed by atoms with Crippen LogP contribution in [0.5, 0.6) is 0 Å². The first-order valence-electron chi connectivity index (χ1n) is 24.1. The number of ether oxygens (including phenoxy) is 2. The van der Waals surface area contributed by atoms with Crippen molar-refractivity contribution in [1.82, 2.24) is 0 Å². The van der Waals surface area contributed by atoms with Crippen molar-refractivity contribution in [2.75, 3.05) is 54.1 Å². The fourth-order valence-corrected chi connectivity index (χ4v) is 7.49. The summed E-state index contributed by atoms with van der Waals surface area (Å²) in [6.07, 6.45) is 47.8. The summed E-state index contributed by atoms with van der Waals surface area (Å²) in [5, 5.41) is 0. The Morgan fingerprint density at radius 3 is 1.47 bits per heavy atom. The van der Waals surface area contributed by atoms with E-state index in [-0.39, 0.29) is 25.8 Å². The van der Waals surface area contributed by atoms with Crippen molar-refractivity contribution in [1.29, 1.82) is 0 Å². The van der Waals surface area contributed by atoms with Crippen LogP contribution in [0, 0.1) is 0 Å². The summed E-state index contributed by atoms with van der Waals surface area (Å²) in [6, 6.07) is 0. The highest BCUT2D eigenvalue weighted by Gasteiger charge is 2.26. The van der Waals surface area contributed by atoms with Gasteiger partial charge in [-0.1, -0.05) is 199 Å².